The molecule has 0 fully saturated rings. The van der Waals surface area contributed by atoms with E-state index in [0.717, 1.165) is 37.1 Å². The van der Waals surface area contributed by atoms with Crippen molar-refractivity contribution in [3.05, 3.63) is 17.6 Å². The van der Waals surface area contributed by atoms with Gasteiger partial charge in [0.05, 0.1) is 23.7 Å². The van der Waals surface area contributed by atoms with E-state index < -0.39 is 0 Å². The maximum Gasteiger partial charge on any atom is 0.232 e. The number of nitrogens with zero attached hydrogens (tertiary/aromatic N) is 2. The molecule has 0 amide bonds. The number of ether oxygens (including phenoxy) is 1. The van der Waals surface area contributed by atoms with E-state index in [1.807, 2.05) is 0 Å². The van der Waals surface area contributed by atoms with Crippen LogP contribution in [-0.2, 0) is 12.8 Å². The fourth-order valence-electron chi connectivity index (χ4n) is 1.70. The van der Waals surface area contributed by atoms with Crippen LogP contribution in [-0.4, -0.2) is 16.1 Å². The van der Waals surface area contributed by atoms with Crippen molar-refractivity contribution in [1.29, 1.82) is 0 Å². The van der Waals surface area contributed by atoms with Crippen molar-refractivity contribution in [3.63, 3.8) is 0 Å². The minimum absolute atomic E-state index is 0.256. The first-order valence-electron chi connectivity index (χ1n) is 6.26. The third-order valence-electron chi connectivity index (χ3n) is 2.78. The standard InChI is InChI=1S/C13H22N2O/c1-5-10(6-2)16-13-9-14-11(7-3)12(8-4)15-13/h9-10H,5-8H2,1-4H3. The Morgan fingerprint density at radius 3 is 2.19 bits per heavy atom. The molecule has 0 unspecified atom stereocenters. The molecule has 0 atom stereocenters. The summed E-state index contributed by atoms with van der Waals surface area (Å²) in [5.74, 6) is 0.669. The van der Waals surface area contributed by atoms with E-state index in [1.165, 1.54) is 0 Å². The topological polar surface area (TPSA) is 35.0 Å². The molecule has 0 bridgehead atoms. The van der Waals surface area contributed by atoms with E-state index in [4.69, 9.17) is 4.74 Å². The summed E-state index contributed by atoms with van der Waals surface area (Å²) in [7, 11) is 0. The summed E-state index contributed by atoms with van der Waals surface area (Å²) in [5.41, 5.74) is 2.14. The Morgan fingerprint density at radius 2 is 1.69 bits per heavy atom. The average Bonchev–Trinajstić information content (AvgIpc) is 2.35. The van der Waals surface area contributed by atoms with E-state index in [0.29, 0.717) is 5.88 Å². The summed E-state index contributed by atoms with van der Waals surface area (Å²) in [6.45, 7) is 8.46. The van der Waals surface area contributed by atoms with Gasteiger partial charge in [-0.1, -0.05) is 27.7 Å². The second kappa shape index (κ2) is 6.46. The van der Waals surface area contributed by atoms with Crippen LogP contribution in [0.4, 0.5) is 0 Å². The Labute approximate surface area is 98.3 Å². The Kier molecular flexibility index (Phi) is 5.23. The molecular formula is C13H22N2O. The summed E-state index contributed by atoms with van der Waals surface area (Å²) >= 11 is 0. The zero-order valence-corrected chi connectivity index (χ0v) is 10.8. The fraction of sp³-hybridized carbons (Fsp3) is 0.692. The largest absolute Gasteiger partial charge is 0.473 e. The number of hydrogen-bond donors (Lipinski definition) is 0. The van der Waals surface area contributed by atoms with Crippen molar-refractivity contribution in [2.75, 3.05) is 0 Å². The molecule has 0 aliphatic rings. The third kappa shape index (κ3) is 3.19. The summed E-state index contributed by atoms with van der Waals surface area (Å²) in [6, 6.07) is 0. The van der Waals surface area contributed by atoms with E-state index in [-0.39, 0.29) is 6.10 Å². The Morgan fingerprint density at radius 1 is 1.06 bits per heavy atom. The van der Waals surface area contributed by atoms with Crippen LogP contribution in [0.3, 0.4) is 0 Å². The van der Waals surface area contributed by atoms with Gasteiger partial charge >= 0.3 is 0 Å². The molecule has 0 saturated heterocycles. The molecule has 16 heavy (non-hydrogen) atoms. The molecule has 0 aliphatic carbocycles. The van der Waals surface area contributed by atoms with Gasteiger partial charge in [-0.2, -0.15) is 0 Å². The van der Waals surface area contributed by atoms with Crippen LogP contribution in [0.15, 0.2) is 6.20 Å². The lowest BCUT2D eigenvalue weighted by Gasteiger charge is -2.15. The first-order chi connectivity index (χ1) is 7.74. The lowest BCUT2D eigenvalue weighted by atomic mass is 10.2. The van der Waals surface area contributed by atoms with Crippen molar-refractivity contribution in [2.45, 2.75) is 59.5 Å². The maximum absolute atomic E-state index is 5.78. The van der Waals surface area contributed by atoms with Gasteiger partial charge in [-0.15, -0.1) is 0 Å². The predicted octanol–water partition coefficient (Wildman–Crippen LogP) is 3.17. The molecule has 0 aliphatic heterocycles. The van der Waals surface area contributed by atoms with E-state index >= 15 is 0 Å². The number of hydrogen-bond acceptors (Lipinski definition) is 3. The van der Waals surface area contributed by atoms with Gasteiger partial charge in [0.1, 0.15) is 0 Å². The Hall–Kier alpha value is -1.12. The quantitative estimate of drug-likeness (QED) is 0.741. The highest BCUT2D eigenvalue weighted by Crippen LogP contribution is 2.14. The second-order valence-corrected chi connectivity index (χ2v) is 3.87. The first kappa shape index (κ1) is 12.9. The molecule has 0 spiro atoms. The molecule has 1 aromatic rings. The van der Waals surface area contributed by atoms with Crippen LogP contribution in [0.2, 0.25) is 0 Å². The third-order valence-corrected chi connectivity index (χ3v) is 2.78. The van der Waals surface area contributed by atoms with Gasteiger partial charge in [0.25, 0.3) is 0 Å². The summed E-state index contributed by atoms with van der Waals surface area (Å²) in [6.07, 6.45) is 5.87. The van der Waals surface area contributed by atoms with Crippen molar-refractivity contribution in [2.24, 2.45) is 0 Å². The zero-order chi connectivity index (χ0) is 12.0. The summed E-state index contributed by atoms with van der Waals surface area (Å²) in [4.78, 5) is 8.92. The van der Waals surface area contributed by atoms with Crippen molar-refractivity contribution >= 4 is 0 Å². The molecule has 0 radical (unpaired) electrons. The van der Waals surface area contributed by atoms with Crippen LogP contribution in [0, 0.1) is 0 Å². The van der Waals surface area contributed by atoms with Crippen molar-refractivity contribution in [1.82, 2.24) is 9.97 Å². The van der Waals surface area contributed by atoms with Crippen LogP contribution in [0.1, 0.15) is 51.9 Å². The van der Waals surface area contributed by atoms with Gasteiger partial charge in [0, 0.05) is 0 Å². The second-order valence-electron chi connectivity index (χ2n) is 3.87. The van der Waals surface area contributed by atoms with E-state index in [1.54, 1.807) is 6.20 Å². The van der Waals surface area contributed by atoms with Gasteiger partial charge in [0.2, 0.25) is 5.88 Å². The summed E-state index contributed by atoms with van der Waals surface area (Å²) < 4.78 is 5.78. The normalized spacial score (nSPS) is 10.8. The van der Waals surface area contributed by atoms with Crippen LogP contribution in [0.5, 0.6) is 5.88 Å². The van der Waals surface area contributed by atoms with Gasteiger partial charge in [0.15, 0.2) is 0 Å². The zero-order valence-electron chi connectivity index (χ0n) is 10.8. The average molecular weight is 222 g/mol. The predicted molar refractivity (Wildman–Crippen MR) is 65.8 cm³/mol. The highest BCUT2D eigenvalue weighted by Gasteiger charge is 2.09. The fourth-order valence-corrected chi connectivity index (χ4v) is 1.70. The molecule has 90 valence electrons. The summed E-state index contributed by atoms with van der Waals surface area (Å²) in [5, 5.41) is 0. The molecule has 1 heterocycles. The van der Waals surface area contributed by atoms with E-state index in [2.05, 4.69) is 37.7 Å². The molecule has 0 saturated carbocycles. The van der Waals surface area contributed by atoms with E-state index in [9.17, 15) is 0 Å². The minimum atomic E-state index is 0.256. The Balaban J connectivity index is 2.82. The molecule has 1 aromatic heterocycles. The Bertz CT molecular complexity index is 322. The number of aryl methyl sites for hydroxylation is 2. The molecular weight excluding hydrogens is 200 g/mol. The van der Waals surface area contributed by atoms with Gasteiger partial charge in [-0.3, -0.25) is 4.98 Å². The number of aromatic nitrogens is 2. The van der Waals surface area contributed by atoms with Crippen molar-refractivity contribution in [3.8, 4) is 5.88 Å². The monoisotopic (exact) mass is 222 g/mol. The lowest BCUT2D eigenvalue weighted by molar-refractivity contribution is 0.183. The highest BCUT2D eigenvalue weighted by molar-refractivity contribution is 5.17. The minimum Gasteiger partial charge on any atom is -0.473 e. The molecule has 3 nitrogen and oxygen atoms in total. The molecule has 0 aromatic carbocycles. The number of rotatable bonds is 6. The molecule has 0 N–H and O–H groups in total. The van der Waals surface area contributed by atoms with Crippen LogP contribution >= 0.6 is 0 Å². The van der Waals surface area contributed by atoms with Gasteiger partial charge < -0.3 is 4.74 Å². The molecule has 3 heteroatoms. The van der Waals surface area contributed by atoms with Crippen LogP contribution < -0.4 is 4.74 Å². The van der Waals surface area contributed by atoms with Crippen molar-refractivity contribution < 1.29 is 4.74 Å². The maximum atomic E-state index is 5.78. The SMILES string of the molecule is CCc1ncc(OC(CC)CC)nc1CC. The van der Waals surface area contributed by atoms with Gasteiger partial charge in [-0.25, -0.2) is 4.98 Å². The lowest BCUT2D eigenvalue weighted by Crippen LogP contribution is -2.15. The smallest absolute Gasteiger partial charge is 0.232 e. The van der Waals surface area contributed by atoms with Crippen LogP contribution in [0.25, 0.3) is 0 Å². The first-order valence-corrected chi connectivity index (χ1v) is 6.26. The molecule has 1 rings (SSSR count). The highest BCUT2D eigenvalue weighted by atomic mass is 16.5. The van der Waals surface area contributed by atoms with Gasteiger partial charge in [-0.05, 0) is 25.7 Å².